The Bertz CT molecular complexity index is 1510. The van der Waals surface area contributed by atoms with E-state index in [-0.39, 0.29) is 35.1 Å². The molecule has 1 heterocycles. The van der Waals surface area contributed by atoms with E-state index in [1.165, 1.54) is 11.0 Å². The monoisotopic (exact) mass is 620 g/mol. The smallest absolute Gasteiger partial charge is 0.254 e. The zero-order valence-corrected chi connectivity index (χ0v) is 26.4. The van der Waals surface area contributed by atoms with Gasteiger partial charge in [0, 0.05) is 13.1 Å². The number of carbonyl (C=O) groups excluding carboxylic acids is 3. The van der Waals surface area contributed by atoms with Gasteiger partial charge in [0.2, 0.25) is 5.91 Å². The highest BCUT2D eigenvalue weighted by Crippen LogP contribution is 2.37. The van der Waals surface area contributed by atoms with Gasteiger partial charge in [-0.15, -0.1) is 0 Å². The third-order valence-corrected chi connectivity index (χ3v) is 8.61. The number of aryl methyl sites for hydroxylation is 1. The lowest BCUT2D eigenvalue weighted by Gasteiger charge is -2.34. The van der Waals surface area contributed by atoms with Gasteiger partial charge < -0.3 is 31.1 Å². The number of nitrogen functional groups attached to an aromatic ring is 1. The summed E-state index contributed by atoms with van der Waals surface area (Å²) in [5, 5.41) is 17.5. The Labute approximate surface area is 263 Å². The molecular formula is C34H41ClN4O5. The van der Waals surface area contributed by atoms with Gasteiger partial charge in [-0.3, -0.25) is 14.4 Å². The minimum Gasteiger partial charge on any atom is -0.494 e. The second-order valence-corrected chi connectivity index (χ2v) is 12.2. The van der Waals surface area contributed by atoms with Crippen LogP contribution in [0.15, 0.2) is 66.7 Å². The van der Waals surface area contributed by atoms with Crippen molar-refractivity contribution in [2.24, 2.45) is 5.41 Å². The lowest BCUT2D eigenvalue weighted by Crippen LogP contribution is -2.57. The fraction of sp³-hybridized carbons (Fsp3) is 0.382. The van der Waals surface area contributed by atoms with Crippen molar-refractivity contribution in [1.82, 2.24) is 15.5 Å². The van der Waals surface area contributed by atoms with Crippen LogP contribution in [0, 0.1) is 12.3 Å². The normalized spacial score (nSPS) is 17.0. The number of halogens is 1. The molecule has 0 spiro atoms. The molecule has 3 amide bonds. The zero-order chi connectivity index (χ0) is 32.0. The van der Waals surface area contributed by atoms with Gasteiger partial charge in [0.1, 0.15) is 11.8 Å². The van der Waals surface area contributed by atoms with E-state index >= 15 is 0 Å². The van der Waals surface area contributed by atoms with Crippen molar-refractivity contribution in [3.8, 4) is 5.75 Å². The minimum atomic E-state index is -1.66. The van der Waals surface area contributed by atoms with Gasteiger partial charge in [-0.2, -0.15) is 0 Å². The highest BCUT2D eigenvalue weighted by Gasteiger charge is 2.49. The van der Waals surface area contributed by atoms with Crippen LogP contribution in [0.2, 0.25) is 5.02 Å². The van der Waals surface area contributed by atoms with Crippen LogP contribution in [-0.4, -0.2) is 59.1 Å². The number of rotatable bonds is 11. The minimum absolute atomic E-state index is 0.0783. The molecule has 0 bridgehead atoms. The first kappa shape index (κ1) is 32.8. The number of hydrogen-bond acceptors (Lipinski definition) is 6. The standard InChI is InChI=1S/C34H41ClN4O5/c1-5-44-24-13-8-11-22(18-24)19-27(38-31(41)25-14-9-15-26(36)28(25)35)29(40)33(43)39-17-16-34(3,4)30(39)32(42)37-20-23-12-7-6-10-21(23)2/h6-15,18,27,29-30,40H,5,16-17,19-20,36H2,1-4H3,(H,37,42)(H,38,41)/t27-,29-,30+/m0/s1. The third kappa shape index (κ3) is 7.52. The molecule has 1 aliphatic heterocycles. The average Bonchev–Trinajstić information content (AvgIpc) is 3.31. The summed E-state index contributed by atoms with van der Waals surface area (Å²) in [7, 11) is 0. The van der Waals surface area contributed by atoms with Gasteiger partial charge in [0.25, 0.3) is 11.8 Å². The molecule has 44 heavy (non-hydrogen) atoms. The quantitative estimate of drug-likeness (QED) is 0.237. The van der Waals surface area contributed by atoms with E-state index in [1.54, 1.807) is 30.3 Å². The summed E-state index contributed by atoms with van der Waals surface area (Å²) in [4.78, 5) is 42.4. The Morgan fingerprint density at radius 1 is 1.11 bits per heavy atom. The van der Waals surface area contributed by atoms with Crippen LogP contribution < -0.4 is 21.1 Å². The number of aliphatic hydroxyl groups is 1. The maximum atomic E-state index is 14.0. The molecule has 0 aromatic heterocycles. The Kier molecular flexibility index (Phi) is 10.5. The van der Waals surface area contributed by atoms with E-state index in [4.69, 9.17) is 22.1 Å². The van der Waals surface area contributed by atoms with Gasteiger partial charge in [-0.1, -0.05) is 67.9 Å². The summed E-state index contributed by atoms with van der Waals surface area (Å²) in [6.07, 6.45) is -0.976. The molecule has 0 radical (unpaired) electrons. The predicted octanol–water partition coefficient (Wildman–Crippen LogP) is 4.27. The van der Waals surface area contributed by atoms with Crippen LogP contribution in [0.4, 0.5) is 5.69 Å². The van der Waals surface area contributed by atoms with E-state index in [0.717, 1.165) is 16.7 Å². The van der Waals surface area contributed by atoms with Gasteiger partial charge in [-0.25, -0.2) is 0 Å². The SMILES string of the molecule is CCOc1cccc(C[C@H](NC(=O)c2cccc(N)c2Cl)[C@H](O)C(=O)N2CCC(C)(C)[C@H]2C(=O)NCc2ccccc2C)c1. The predicted molar refractivity (Wildman–Crippen MR) is 171 cm³/mol. The molecule has 0 aliphatic carbocycles. The molecule has 10 heteroatoms. The number of amides is 3. The van der Waals surface area contributed by atoms with Crippen molar-refractivity contribution >= 4 is 35.0 Å². The van der Waals surface area contributed by atoms with E-state index in [0.29, 0.717) is 25.3 Å². The Morgan fingerprint density at radius 2 is 1.84 bits per heavy atom. The molecule has 5 N–H and O–H groups in total. The number of carbonyl (C=O) groups is 3. The molecule has 9 nitrogen and oxygen atoms in total. The lowest BCUT2D eigenvalue weighted by molar-refractivity contribution is -0.148. The van der Waals surface area contributed by atoms with E-state index in [2.05, 4.69) is 10.6 Å². The van der Waals surface area contributed by atoms with E-state index in [1.807, 2.05) is 58.0 Å². The summed E-state index contributed by atoms with van der Waals surface area (Å²) in [5.41, 5.74) is 8.50. The Balaban J connectivity index is 1.59. The number of nitrogens with zero attached hydrogens (tertiary/aromatic N) is 1. The number of likely N-dealkylation sites (tertiary alicyclic amines) is 1. The molecule has 3 atom stereocenters. The molecule has 1 aliphatic rings. The van der Waals surface area contributed by atoms with Crippen LogP contribution in [0.25, 0.3) is 0 Å². The van der Waals surface area contributed by atoms with Crippen molar-refractivity contribution in [2.45, 2.75) is 65.3 Å². The molecule has 0 saturated carbocycles. The van der Waals surface area contributed by atoms with Crippen molar-refractivity contribution in [3.05, 3.63) is 94.0 Å². The first-order valence-electron chi connectivity index (χ1n) is 14.8. The number of anilines is 1. The Hall–Kier alpha value is -4.08. The number of hydrogen-bond donors (Lipinski definition) is 4. The topological polar surface area (TPSA) is 134 Å². The zero-order valence-electron chi connectivity index (χ0n) is 25.6. The van der Waals surface area contributed by atoms with Crippen molar-refractivity contribution in [2.75, 3.05) is 18.9 Å². The molecule has 1 saturated heterocycles. The van der Waals surface area contributed by atoms with Gasteiger partial charge in [0.15, 0.2) is 6.10 Å². The van der Waals surface area contributed by atoms with Gasteiger partial charge >= 0.3 is 0 Å². The molecule has 0 unspecified atom stereocenters. The second kappa shape index (κ2) is 14.1. The highest BCUT2D eigenvalue weighted by atomic mass is 35.5. The Morgan fingerprint density at radius 3 is 2.57 bits per heavy atom. The second-order valence-electron chi connectivity index (χ2n) is 11.8. The van der Waals surface area contributed by atoms with Gasteiger partial charge in [-0.05, 0) is 73.1 Å². The number of nitrogens with two attached hydrogens (primary N) is 1. The number of nitrogens with one attached hydrogen (secondary N) is 2. The summed E-state index contributed by atoms with van der Waals surface area (Å²) >= 11 is 6.32. The highest BCUT2D eigenvalue weighted by molar-refractivity contribution is 6.36. The van der Waals surface area contributed by atoms with E-state index < -0.39 is 35.4 Å². The number of ether oxygens (including phenoxy) is 1. The molecule has 1 fully saturated rings. The van der Waals surface area contributed by atoms with E-state index in [9.17, 15) is 19.5 Å². The first-order valence-corrected chi connectivity index (χ1v) is 15.2. The number of benzene rings is 3. The fourth-order valence-corrected chi connectivity index (χ4v) is 5.87. The third-order valence-electron chi connectivity index (χ3n) is 8.18. The van der Waals surface area contributed by atoms with Crippen LogP contribution in [0.1, 0.15) is 54.2 Å². The largest absolute Gasteiger partial charge is 0.494 e. The van der Waals surface area contributed by atoms with Crippen molar-refractivity contribution in [1.29, 1.82) is 0 Å². The van der Waals surface area contributed by atoms with Gasteiger partial charge in [0.05, 0.1) is 28.9 Å². The van der Waals surface area contributed by atoms with Crippen LogP contribution in [-0.2, 0) is 22.6 Å². The maximum Gasteiger partial charge on any atom is 0.254 e. The van der Waals surface area contributed by atoms with Crippen LogP contribution >= 0.6 is 11.6 Å². The fourth-order valence-electron chi connectivity index (χ4n) is 5.66. The molecule has 3 aromatic rings. The van der Waals surface area contributed by atoms with Crippen molar-refractivity contribution < 1.29 is 24.2 Å². The average molecular weight is 621 g/mol. The summed E-state index contributed by atoms with van der Waals surface area (Å²) in [5.74, 6) is -0.903. The number of aliphatic hydroxyl groups excluding tert-OH is 1. The van der Waals surface area contributed by atoms with Crippen molar-refractivity contribution in [3.63, 3.8) is 0 Å². The first-order chi connectivity index (χ1) is 20.9. The van der Waals surface area contributed by atoms with Crippen LogP contribution in [0.5, 0.6) is 5.75 Å². The molecule has 4 rings (SSSR count). The molecule has 3 aromatic carbocycles. The molecule has 234 valence electrons. The summed E-state index contributed by atoms with van der Waals surface area (Å²) in [6.45, 7) is 8.79. The lowest BCUT2D eigenvalue weighted by atomic mass is 9.84. The summed E-state index contributed by atoms with van der Waals surface area (Å²) in [6, 6.07) is 17.8. The maximum absolute atomic E-state index is 14.0. The van der Waals surface area contributed by atoms with Crippen LogP contribution in [0.3, 0.4) is 0 Å². The summed E-state index contributed by atoms with van der Waals surface area (Å²) < 4.78 is 5.62. The molecular weight excluding hydrogens is 580 g/mol.